The molecule has 0 heterocycles. The van der Waals surface area contributed by atoms with Crippen LogP contribution in [0.5, 0.6) is 0 Å². The smallest absolute Gasteiger partial charge is 0.255 e. The SMILES string of the molecule is CCCC(OOCNc1cccc2c1/C(=N/c1ccc(N(CC)CCO)cc1C)C=C(C(=O)NCCCOC)C2=O)OSI. The van der Waals surface area contributed by atoms with Gasteiger partial charge in [-0.1, -0.05) is 25.5 Å². The van der Waals surface area contributed by atoms with Crippen molar-refractivity contribution in [1.29, 1.82) is 0 Å². The Morgan fingerprint density at radius 1 is 1.23 bits per heavy atom. The lowest BCUT2D eigenvalue weighted by molar-refractivity contribution is -0.357. The molecule has 0 saturated carbocycles. The van der Waals surface area contributed by atoms with Crippen LogP contribution in [0.2, 0.25) is 0 Å². The van der Waals surface area contributed by atoms with Crippen LogP contribution in [0, 0.1) is 6.92 Å². The molecule has 1 aliphatic rings. The molecule has 2 aromatic carbocycles. The molecule has 0 aromatic heterocycles. The van der Waals surface area contributed by atoms with Gasteiger partial charge in [0.05, 0.1) is 32.8 Å². The number of aliphatic imine (C=N–C) groups is 1. The van der Waals surface area contributed by atoms with Crippen LogP contribution in [0.25, 0.3) is 0 Å². The molecule has 3 N–H and O–H groups in total. The van der Waals surface area contributed by atoms with Crippen molar-refractivity contribution < 1.29 is 33.4 Å². The number of rotatable bonds is 19. The second-order valence-electron chi connectivity index (χ2n) is 9.90. The molecule has 0 saturated heterocycles. The van der Waals surface area contributed by atoms with E-state index in [1.54, 1.807) is 25.3 Å². The molecule has 240 valence electrons. The lowest BCUT2D eigenvalue weighted by Gasteiger charge is -2.23. The first-order valence-corrected chi connectivity index (χ1v) is 17.8. The van der Waals surface area contributed by atoms with Gasteiger partial charge in [-0.05, 0) is 56.2 Å². The molecule has 1 aliphatic carbocycles. The van der Waals surface area contributed by atoms with Crippen molar-refractivity contribution >= 4 is 64.9 Å². The summed E-state index contributed by atoms with van der Waals surface area (Å²) >= 11 is 2.02. The number of methoxy groups -OCH3 is 1. The Morgan fingerprint density at radius 2 is 2.05 bits per heavy atom. The van der Waals surface area contributed by atoms with Crippen molar-refractivity contribution in [3.05, 3.63) is 64.7 Å². The van der Waals surface area contributed by atoms with Gasteiger partial charge in [-0.3, -0.25) is 13.8 Å². The average molecular weight is 741 g/mol. The second kappa shape index (κ2) is 19.1. The van der Waals surface area contributed by atoms with E-state index in [0.717, 1.165) is 24.2 Å². The van der Waals surface area contributed by atoms with E-state index >= 15 is 0 Å². The number of nitrogens with zero attached hydrogens (tertiary/aromatic N) is 2. The molecule has 0 fully saturated rings. The van der Waals surface area contributed by atoms with Crippen molar-refractivity contribution in [2.75, 3.05) is 56.9 Å². The molecule has 1 unspecified atom stereocenters. The van der Waals surface area contributed by atoms with Gasteiger partial charge in [0, 0.05) is 83.5 Å². The number of allylic oxidation sites excluding steroid dienone is 1. The highest BCUT2D eigenvalue weighted by Crippen LogP contribution is 2.32. The topological polar surface area (TPSA) is 131 Å². The molecule has 0 spiro atoms. The maximum absolute atomic E-state index is 13.6. The zero-order valence-electron chi connectivity index (χ0n) is 25.6. The lowest BCUT2D eigenvalue weighted by Crippen LogP contribution is -2.33. The first kappa shape index (κ1) is 35.9. The minimum Gasteiger partial charge on any atom is -0.395 e. The fourth-order valence-corrected chi connectivity index (χ4v) is 5.55. The number of fused-ring (bicyclic) bond motifs is 1. The number of aliphatic hydroxyl groups excluding tert-OH is 1. The Kier molecular flexibility index (Phi) is 15.6. The molecular formula is C31H41IN4O7S. The van der Waals surface area contributed by atoms with Crippen molar-refractivity contribution in [1.82, 2.24) is 5.32 Å². The van der Waals surface area contributed by atoms with E-state index in [9.17, 15) is 14.7 Å². The highest BCUT2D eigenvalue weighted by atomic mass is 127. The number of benzene rings is 2. The van der Waals surface area contributed by atoms with Crippen LogP contribution in [0.1, 0.15) is 54.6 Å². The summed E-state index contributed by atoms with van der Waals surface area (Å²) in [5, 5.41) is 15.4. The molecule has 1 amide bonds. The van der Waals surface area contributed by atoms with E-state index in [4.69, 9.17) is 23.7 Å². The predicted molar refractivity (Wildman–Crippen MR) is 183 cm³/mol. The zero-order chi connectivity index (χ0) is 31.9. The number of halogens is 1. The Balaban J connectivity index is 1.97. The molecule has 0 bridgehead atoms. The predicted octanol–water partition coefficient (Wildman–Crippen LogP) is 5.67. The lowest BCUT2D eigenvalue weighted by atomic mass is 9.87. The highest BCUT2D eigenvalue weighted by Gasteiger charge is 2.30. The molecule has 2 aromatic rings. The Hall–Kier alpha value is -2.53. The van der Waals surface area contributed by atoms with Crippen LogP contribution >= 0.6 is 30.4 Å². The largest absolute Gasteiger partial charge is 0.395 e. The summed E-state index contributed by atoms with van der Waals surface area (Å²) in [4.78, 5) is 44.6. The van der Waals surface area contributed by atoms with Gasteiger partial charge in [0.25, 0.3) is 5.91 Å². The third kappa shape index (κ3) is 9.99. The number of Topliss-reactive ketones (excluding diaryl/α,β-unsaturated/α-hetero) is 1. The number of anilines is 2. The number of aliphatic hydroxyl groups is 1. The van der Waals surface area contributed by atoms with Gasteiger partial charge in [-0.2, -0.15) is 0 Å². The molecule has 13 heteroatoms. The number of nitrogens with one attached hydrogen (secondary N) is 2. The van der Waals surface area contributed by atoms with Crippen LogP contribution in [-0.4, -0.2) is 75.5 Å². The molecular weight excluding hydrogens is 699 g/mol. The highest BCUT2D eigenvalue weighted by molar-refractivity contribution is 14.2. The molecule has 3 rings (SSSR count). The van der Waals surface area contributed by atoms with Crippen LogP contribution in [0.3, 0.4) is 0 Å². The van der Waals surface area contributed by atoms with Crippen molar-refractivity contribution in [2.45, 2.75) is 46.3 Å². The number of aryl methyl sites for hydroxylation is 1. The molecule has 1 atom stereocenters. The number of ether oxygens (including phenoxy) is 1. The number of amides is 1. The molecule has 44 heavy (non-hydrogen) atoms. The van der Waals surface area contributed by atoms with Crippen LogP contribution in [0.15, 0.2) is 53.0 Å². The van der Waals surface area contributed by atoms with Gasteiger partial charge >= 0.3 is 0 Å². The van der Waals surface area contributed by atoms with Gasteiger partial charge in [-0.15, -0.1) is 0 Å². The standard InChI is InChI=1S/C31H41IN4O7S/c1-5-9-28(43-44-32)42-41-20-34-26-11-7-10-23-29(26)27(19-24(30(23)38)31(39)33-14-8-17-40-4)35-25-13-12-22(18-21(25)3)36(6-2)15-16-37/h7,10-13,18-19,28,34,37H,5-6,8-9,14-17,20H2,1-4H3,(H,33,39)/b35-27+. The minimum absolute atomic E-state index is 0.00984. The van der Waals surface area contributed by atoms with Crippen LogP contribution in [0.4, 0.5) is 17.1 Å². The maximum Gasteiger partial charge on any atom is 0.255 e. The number of likely N-dealkylation sites (N-methyl/N-ethyl adjacent to an activating group) is 1. The molecule has 0 radical (unpaired) electrons. The van der Waals surface area contributed by atoms with E-state index in [2.05, 4.69) is 15.5 Å². The van der Waals surface area contributed by atoms with Gasteiger partial charge in [-0.25, -0.2) is 14.8 Å². The van der Waals surface area contributed by atoms with E-state index in [1.165, 1.54) is 9.21 Å². The van der Waals surface area contributed by atoms with E-state index in [0.29, 0.717) is 60.8 Å². The number of hydrogen-bond donors (Lipinski definition) is 3. The minimum atomic E-state index is -0.521. The Bertz CT molecular complexity index is 1320. The van der Waals surface area contributed by atoms with Crippen molar-refractivity contribution in [2.24, 2.45) is 4.99 Å². The van der Waals surface area contributed by atoms with E-state index in [-0.39, 0.29) is 18.9 Å². The number of carbonyl (C=O) groups excluding carboxylic acids is 2. The Labute approximate surface area is 275 Å². The quantitative estimate of drug-likeness (QED) is 0.0315. The summed E-state index contributed by atoms with van der Waals surface area (Å²) in [5.74, 6) is -0.863. The normalized spacial score (nSPS) is 14.3. The third-order valence-corrected chi connectivity index (χ3v) is 7.76. The number of carbonyl (C=O) groups is 2. The summed E-state index contributed by atoms with van der Waals surface area (Å²) in [6.07, 6.45) is 3.16. The fourth-order valence-electron chi connectivity index (χ4n) is 4.64. The average Bonchev–Trinajstić information content (AvgIpc) is 3.02. The summed E-state index contributed by atoms with van der Waals surface area (Å²) in [7, 11) is 2.77. The van der Waals surface area contributed by atoms with Gasteiger partial charge < -0.3 is 25.4 Å². The number of hydrogen-bond acceptors (Lipinski definition) is 11. The third-order valence-electron chi connectivity index (χ3n) is 6.85. The first-order chi connectivity index (χ1) is 21.4. The van der Waals surface area contributed by atoms with Crippen LogP contribution in [-0.2, 0) is 23.5 Å². The summed E-state index contributed by atoms with van der Waals surface area (Å²) in [5.41, 5.74) is 4.53. The van der Waals surface area contributed by atoms with Gasteiger partial charge in [0.1, 0.15) is 0 Å². The van der Waals surface area contributed by atoms with Crippen molar-refractivity contribution in [3.63, 3.8) is 0 Å². The van der Waals surface area contributed by atoms with Crippen LogP contribution < -0.4 is 15.5 Å². The fraction of sp³-hybridized carbons (Fsp3) is 0.452. The summed E-state index contributed by atoms with van der Waals surface area (Å²) in [6, 6.07) is 11.1. The summed E-state index contributed by atoms with van der Waals surface area (Å²) in [6.45, 7) is 8.18. The van der Waals surface area contributed by atoms with E-state index < -0.39 is 18.0 Å². The maximum atomic E-state index is 13.6. The zero-order valence-corrected chi connectivity index (χ0v) is 28.5. The molecule has 11 nitrogen and oxygen atoms in total. The molecule has 0 aliphatic heterocycles. The first-order valence-electron chi connectivity index (χ1n) is 14.6. The van der Waals surface area contributed by atoms with Gasteiger partial charge in [0.15, 0.2) is 12.5 Å². The number of ketones is 1. The summed E-state index contributed by atoms with van der Waals surface area (Å²) < 4.78 is 10.5. The van der Waals surface area contributed by atoms with Crippen molar-refractivity contribution in [3.8, 4) is 0 Å². The van der Waals surface area contributed by atoms with E-state index in [1.807, 2.05) is 66.2 Å². The van der Waals surface area contributed by atoms with Gasteiger partial charge in [0.2, 0.25) is 6.29 Å². The second-order valence-corrected chi connectivity index (χ2v) is 11.3. The monoisotopic (exact) mass is 740 g/mol. The Morgan fingerprint density at radius 3 is 2.73 bits per heavy atom.